The van der Waals surface area contributed by atoms with Crippen molar-refractivity contribution in [2.45, 2.75) is 31.6 Å². The number of nitrogens with two attached hydrogens (primary N) is 1. The molecule has 1 aromatic carbocycles. The number of hydrogen-bond donors (Lipinski definition) is 2. The first kappa shape index (κ1) is 19.0. The predicted octanol–water partition coefficient (Wildman–Crippen LogP) is 3.62. The molecular weight excluding hydrogens is 369 g/mol. The molecule has 3 aromatic rings. The molecule has 2 aromatic heterocycles. The summed E-state index contributed by atoms with van der Waals surface area (Å²) in [6, 6.07) is 12.0. The van der Waals surface area contributed by atoms with Crippen LogP contribution in [0.3, 0.4) is 0 Å². The topological polar surface area (TPSA) is 93.8 Å². The van der Waals surface area contributed by atoms with Gasteiger partial charge in [0.1, 0.15) is 11.6 Å². The number of carbonyl (C=O) groups is 1. The third-order valence-corrected chi connectivity index (χ3v) is 5.64. The van der Waals surface area contributed by atoms with Crippen LogP contribution in [0.15, 0.2) is 48.7 Å². The van der Waals surface area contributed by atoms with Crippen molar-refractivity contribution in [1.29, 1.82) is 0 Å². The minimum Gasteiger partial charge on any atom is -0.368 e. The van der Waals surface area contributed by atoms with Gasteiger partial charge in [-0.3, -0.25) is 9.78 Å². The fourth-order valence-electron chi connectivity index (χ4n) is 3.76. The third kappa shape index (κ3) is 3.68. The maximum absolute atomic E-state index is 14.2. The molecule has 7 heteroatoms. The van der Waals surface area contributed by atoms with Gasteiger partial charge in [0, 0.05) is 29.3 Å². The maximum Gasteiger partial charge on any atom is 0.248 e. The Hall–Kier alpha value is -3.35. The van der Waals surface area contributed by atoms with E-state index in [0.717, 1.165) is 30.4 Å². The van der Waals surface area contributed by atoms with Crippen molar-refractivity contribution in [2.24, 2.45) is 5.73 Å². The second-order valence-corrected chi connectivity index (χ2v) is 7.52. The molecule has 1 amide bonds. The van der Waals surface area contributed by atoms with Crippen LogP contribution in [0.4, 0.5) is 10.2 Å². The van der Waals surface area contributed by atoms with Crippen molar-refractivity contribution in [2.75, 3.05) is 11.9 Å². The van der Waals surface area contributed by atoms with Crippen LogP contribution >= 0.6 is 0 Å². The lowest BCUT2D eigenvalue weighted by Gasteiger charge is -2.41. The molecule has 0 aliphatic heterocycles. The molecule has 3 N–H and O–H groups in total. The number of aromatic nitrogens is 3. The lowest BCUT2D eigenvalue weighted by atomic mass is 9.66. The quantitative estimate of drug-likeness (QED) is 0.669. The number of primary amides is 1. The van der Waals surface area contributed by atoms with Crippen molar-refractivity contribution in [3.63, 3.8) is 0 Å². The first-order valence-corrected chi connectivity index (χ1v) is 9.58. The molecule has 2 heterocycles. The Balaban J connectivity index is 1.51. The molecule has 0 unspecified atom stereocenters. The van der Waals surface area contributed by atoms with E-state index in [9.17, 15) is 9.18 Å². The summed E-state index contributed by atoms with van der Waals surface area (Å²) >= 11 is 0. The zero-order valence-corrected chi connectivity index (χ0v) is 16.2. The number of carbonyl (C=O) groups excluding carboxylic acids is 1. The molecule has 0 bridgehead atoms. The van der Waals surface area contributed by atoms with Gasteiger partial charge in [-0.2, -0.15) is 0 Å². The Kier molecular flexibility index (Phi) is 4.96. The molecule has 1 aliphatic rings. The van der Waals surface area contributed by atoms with Gasteiger partial charge in [0.15, 0.2) is 0 Å². The number of benzene rings is 1. The summed E-state index contributed by atoms with van der Waals surface area (Å²) < 4.78 is 14.2. The van der Waals surface area contributed by atoms with E-state index in [1.54, 1.807) is 24.4 Å². The summed E-state index contributed by atoms with van der Waals surface area (Å²) in [7, 11) is 0. The lowest BCUT2D eigenvalue weighted by Crippen LogP contribution is -2.42. The van der Waals surface area contributed by atoms with Crippen LogP contribution in [0.1, 0.15) is 40.9 Å². The third-order valence-electron chi connectivity index (χ3n) is 5.64. The fraction of sp³-hybridized carbons (Fsp3) is 0.273. The van der Waals surface area contributed by atoms with E-state index in [2.05, 4.69) is 20.5 Å². The Morgan fingerprint density at radius 1 is 1.21 bits per heavy atom. The SMILES string of the molecule is Cc1ccc(C(N)=O)cc1-c1ccc(NCC2(c3ncccc3F)CCC2)nn1. The van der Waals surface area contributed by atoms with E-state index in [0.29, 0.717) is 29.3 Å². The van der Waals surface area contributed by atoms with Crippen LogP contribution in [0.5, 0.6) is 0 Å². The van der Waals surface area contributed by atoms with Crippen LogP contribution in [0.2, 0.25) is 0 Å². The molecule has 0 saturated heterocycles. The van der Waals surface area contributed by atoms with Crippen LogP contribution in [0.25, 0.3) is 11.3 Å². The van der Waals surface area contributed by atoms with E-state index < -0.39 is 5.91 Å². The molecule has 4 rings (SSSR count). The summed E-state index contributed by atoms with van der Waals surface area (Å²) in [6.07, 6.45) is 4.46. The van der Waals surface area contributed by atoms with Gasteiger partial charge in [0.05, 0.1) is 11.4 Å². The molecule has 6 nitrogen and oxygen atoms in total. The van der Waals surface area contributed by atoms with Gasteiger partial charge in [-0.15, -0.1) is 10.2 Å². The summed E-state index contributed by atoms with van der Waals surface area (Å²) in [4.78, 5) is 15.7. The highest BCUT2D eigenvalue weighted by atomic mass is 19.1. The van der Waals surface area contributed by atoms with Gasteiger partial charge >= 0.3 is 0 Å². The minimum atomic E-state index is -0.481. The maximum atomic E-state index is 14.2. The van der Waals surface area contributed by atoms with Crippen molar-refractivity contribution < 1.29 is 9.18 Å². The Bertz CT molecular complexity index is 1050. The number of amides is 1. The first-order valence-electron chi connectivity index (χ1n) is 9.58. The molecule has 1 aliphatic carbocycles. The second-order valence-electron chi connectivity index (χ2n) is 7.52. The van der Waals surface area contributed by atoms with E-state index >= 15 is 0 Å². The van der Waals surface area contributed by atoms with E-state index in [1.807, 2.05) is 25.1 Å². The van der Waals surface area contributed by atoms with Gasteiger partial charge in [-0.05, 0) is 61.7 Å². The predicted molar refractivity (Wildman–Crippen MR) is 109 cm³/mol. The van der Waals surface area contributed by atoms with Gasteiger partial charge in [-0.25, -0.2) is 4.39 Å². The zero-order valence-electron chi connectivity index (χ0n) is 16.2. The number of halogens is 1. The lowest BCUT2D eigenvalue weighted by molar-refractivity contribution is 0.100. The Morgan fingerprint density at radius 2 is 2.03 bits per heavy atom. The van der Waals surface area contributed by atoms with Gasteiger partial charge in [0.2, 0.25) is 5.91 Å². The average Bonchev–Trinajstić information content (AvgIpc) is 2.69. The molecular formula is C22H22FN5O. The summed E-state index contributed by atoms with van der Waals surface area (Å²) in [6.45, 7) is 2.49. The molecule has 148 valence electrons. The van der Waals surface area contributed by atoms with E-state index in [1.165, 1.54) is 6.07 Å². The number of nitrogens with zero attached hydrogens (tertiary/aromatic N) is 3. The number of anilines is 1. The van der Waals surface area contributed by atoms with E-state index in [-0.39, 0.29) is 11.2 Å². The fourth-order valence-corrected chi connectivity index (χ4v) is 3.76. The summed E-state index contributed by atoms with van der Waals surface area (Å²) in [5.41, 5.74) is 8.46. The number of nitrogens with one attached hydrogen (secondary N) is 1. The average molecular weight is 391 g/mol. The van der Waals surface area contributed by atoms with Gasteiger partial charge in [0.25, 0.3) is 0 Å². The molecule has 29 heavy (non-hydrogen) atoms. The number of rotatable bonds is 6. The molecule has 0 atom stereocenters. The van der Waals surface area contributed by atoms with E-state index in [4.69, 9.17) is 5.73 Å². The second kappa shape index (κ2) is 7.58. The number of aryl methyl sites for hydroxylation is 1. The molecule has 1 fully saturated rings. The highest BCUT2D eigenvalue weighted by Gasteiger charge is 2.41. The summed E-state index contributed by atoms with van der Waals surface area (Å²) in [5.74, 6) is -0.134. The standard InChI is InChI=1S/C22H22FN5O/c1-14-5-6-15(21(24)29)12-16(14)18-7-8-19(28-27-18)26-13-22(9-3-10-22)20-17(23)4-2-11-25-20/h2,4-8,11-12H,3,9-10,13H2,1H3,(H2,24,29)(H,26,28). The van der Waals surface area contributed by atoms with Gasteiger partial charge < -0.3 is 11.1 Å². The zero-order chi connectivity index (χ0) is 20.4. The van der Waals surface area contributed by atoms with Crippen molar-refractivity contribution in [3.05, 3.63) is 71.3 Å². The van der Waals surface area contributed by atoms with Crippen molar-refractivity contribution in [3.8, 4) is 11.3 Å². The monoisotopic (exact) mass is 391 g/mol. The largest absolute Gasteiger partial charge is 0.368 e. The number of hydrogen-bond acceptors (Lipinski definition) is 5. The highest BCUT2D eigenvalue weighted by molar-refractivity contribution is 5.94. The number of pyridine rings is 1. The van der Waals surface area contributed by atoms with Crippen molar-refractivity contribution in [1.82, 2.24) is 15.2 Å². The van der Waals surface area contributed by atoms with Crippen LogP contribution in [0, 0.1) is 12.7 Å². The molecule has 0 spiro atoms. The summed E-state index contributed by atoms with van der Waals surface area (Å²) in [5, 5.41) is 11.8. The van der Waals surface area contributed by atoms with Crippen LogP contribution in [-0.2, 0) is 5.41 Å². The Labute approximate surface area is 168 Å². The van der Waals surface area contributed by atoms with Crippen molar-refractivity contribution >= 4 is 11.7 Å². The van der Waals surface area contributed by atoms with Crippen LogP contribution < -0.4 is 11.1 Å². The first-order chi connectivity index (χ1) is 14.0. The molecule has 1 saturated carbocycles. The van der Waals surface area contributed by atoms with Crippen LogP contribution in [-0.4, -0.2) is 27.6 Å². The minimum absolute atomic E-state index is 0.264. The smallest absolute Gasteiger partial charge is 0.248 e. The highest BCUT2D eigenvalue weighted by Crippen LogP contribution is 2.43. The molecule has 0 radical (unpaired) electrons. The normalized spacial score (nSPS) is 14.8. The Morgan fingerprint density at radius 3 is 2.66 bits per heavy atom. The van der Waals surface area contributed by atoms with Gasteiger partial charge in [-0.1, -0.05) is 12.5 Å².